The second-order valence-corrected chi connectivity index (χ2v) is 6.61. The third kappa shape index (κ3) is 3.19. The van der Waals surface area contributed by atoms with Crippen molar-refractivity contribution in [1.29, 1.82) is 0 Å². The maximum Gasteiger partial charge on any atom is 0.0264 e. The van der Waals surface area contributed by atoms with E-state index >= 15 is 0 Å². The van der Waals surface area contributed by atoms with Crippen LogP contribution in [0.5, 0.6) is 0 Å². The van der Waals surface area contributed by atoms with Gasteiger partial charge in [0.25, 0.3) is 0 Å². The molecule has 1 heteroatoms. The van der Waals surface area contributed by atoms with Gasteiger partial charge in [-0.3, -0.25) is 0 Å². The minimum absolute atomic E-state index is 0.104. The van der Waals surface area contributed by atoms with Crippen molar-refractivity contribution >= 4 is 0 Å². The summed E-state index contributed by atoms with van der Waals surface area (Å²) in [4.78, 5) is 0. The SMILES string of the molecule is Cc1cccc(CC2(N)CCCCC2c2ccccc2)c1. The van der Waals surface area contributed by atoms with Crippen molar-refractivity contribution in [2.75, 3.05) is 0 Å². The van der Waals surface area contributed by atoms with E-state index in [0.717, 1.165) is 12.8 Å². The zero-order valence-electron chi connectivity index (χ0n) is 12.9. The molecule has 1 fully saturated rings. The minimum Gasteiger partial charge on any atom is -0.324 e. The van der Waals surface area contributed by atoms with Crippen molar-refractivity contribution in [3.05, 3.63) is 71.3 Å². The first-order chi connectivity index (χ1) is 10.2. The summed E-state index contributed by atoms with van der Waals surface area (Å²) in [5.74, 6) is 0.480. The molecule has 21 heavy (non-hydrogen) atoms. The second-order valence-electron chi connectivity index (χ2n) is 6.61. The predicted molar refractivity (Wildman–Crippen MR) is 89.5 cm³/mol. The second kappa shape index (κ2) is 6.03. The molecule has 0 heterocycles. The lowest BCUT2D eigenvalue weighted by atomic mass is 9.67. The number of hydrogen-bond acceptors (Lipinski definition) is 1. The van der Waals surface area contributed by atoms with Gasteiger partial charge in [0.2, 0.25) is 0 Å². The molecular formula is C20H25N. The maximum atomic E-state index is 6.92. The summed E-state index contributed by atoms with van der Waals surface area (Å²) in [5, 5.41) is 0. The highest BCUT2D eigenvalue weighted by molar-refractivity contribution is 5.29. The van der Waals surface area contributed by atoms with E-state index in [1.165, 1.54) is 36.0 Å². The fourth-order valence-electron chi connectivity index (χ4n) is 3.86. The average molecular weight is 279 g/mol. The van der Waals surface area contributed by atoms with Crippen molar-refractivity contribution in [3.63, 3.8) is 0 Å². The normalized spacial score (nSPS) is 25.7. The molecule has 2 atom stereocenters. The Morgan fingerprint density at radius 3 is 2.62 bits per heavy atom. The Kier molecular flexibility index (Phi) is 4.12. The van der Waals surface area contributed by atoms with Gasteiger partial charge < -0.3 is 5.73 Å². The highest BCUT2D eigenvalue weighted by Gasteiger charge is 2.37. The molecule has 110 valence electrons. The van der Waals surface area contributed by atoms with E-state index in [-0.39, 0.29) is 5.54 Å². The van der Waals surface area contributed by atoms with E-state index in [2.05, 4.69) is 61.5 Å². The summed E-state index contributed by atoms with van der Waals surface area (Å²) in [6.45, 7) is 2.15. The van der Waals surface area contributed by atoms with Gasteiger partial charge in [0.05, 0.1) is 0 Å². The monoisotopic (exact) mass is 279 g/mol. The fourth-order valence-corrected chi connectivity index (χ4v) is 3.86. The Hall–Kier alpha value is -1.60. The Morgan fingerprint density at radius 2 is 1.86 bits per heavy atom. The molecule has 1 aliphatic rings. The molecule has 0 aliphatic heterocycles. The number of hydrogen-bond donors (Lipinski definition) is 1. The lowest BCUT2D eigenvalue weighted by Crippen LogP contribution is -2.49. The van der Waals surface area contributed by atoms with Gasteiger partial charge in [0.1, 0.15) is 0 Å². The molecule has 1 aliphatic carbocycles. The van der Waals surface area contributed by atoms with Crippen molar-refractivity contribution in [2.24, 2.45) is 5.73 Å². The maximum absolute atomic E-state index is 6.92. The van der Waals surface area contributed by atoms with Gasteiger partial charge in [-0.15, -0.1) is 0 Å². The fraction of sp³-hybridized carbons (Fsp3) is 0.400. The number of aryl methyl sites for hydroxylation is 1. The van der Waals surface area contributed by atoms with Crippen LogP contribution in [0, 0.1) is 6.92 Å². The molecule has 0 spiro atoms. The van der Waals surface area contributed by atoms with E-state index in [1.54, 1.807) is 0 Å². The van der Waals surface area contributed by atoms with Gasteiger partial charge in [0, 0.05) is 11.5 Å². The van der Waals surface area contributed by atoms with Crippen molar-refractivity contribution in [1.82, 2.24) is 0 Å². The average Bonchev–Trinajstić information content (AvgIpc) is 2.48. The first-order valence-corrected chi connectivity index (χ1v) is 8.07. The molecule has 0 saturated heterocycles. The summed E-state index contributed by atoms with van der Waals surface area (Å²) in [5.41, 5.74) is 10.9. The van der Waals surface area contributed by atoms with Gasteiger partial charge in [-0.05, 0) is 37.3 Å². The third-order valence-corrected chi connectivity index (χ3v) is 4.90. The molecule has 3 rings (SSSR count). The van der Waals surface area contributed by atoms with Crippen LogP contribution in [0.25, 0.3) is 0 Å². The molecule has 2 aromatic carbocycles. The topological polar surface area (TPSA) is 26.0 Å². The van der Waals surface area contributed by atoms with Crippen LogP contribution < -0.4 is 5.73 Å². The molecule has 1 saturated carbocycles. The van der Waals surface area contributed by atoms with Crippen LogP contribution in [0.2, 0.25) is 0 Å². The molecule has 2 aromatic rings. The van der Waals surface area contributed by atoms with Crippen molar-refractivity contribution in [3.8, 4) is 0 Å². The molecule has 0 bridgehead atoms. The van der Waals surface area contributed by atoms with Crippen molar-refractivity contribution < 1.29 is 0 Å². The quantitative estimate of drug-likeness (QED) is 0.873. The number of rotatable bonds is 3. The Morgan fingerprint density at radius 1 is 1.05 bits per heavy atom. The Labute approximate surface area is 128 Å². The molecule has 2 N–H and O–H groups in total. The Bertz CT molecular complexity index is 590. The van der Waals surface area contributed by atoms with Crippen LogP contribution in [0.3, 0.4) is 0 Å². The van der Waals surface area contributed by atoms with Gasteiger partial charge in [-0.25, -0.2) is 0 Å². The first kappa shape index (κ1) is 14.3. The van der Waals surface area contributed by atoms with E-state index in [4.69, 9.17) is 5.73 Å². The molecule has 0 radical (unpaired) electrons. The summed E-state index contributed by atoms with van der Waals surface area (Å²) in [6.07, 6.45) is 5.87. The summed E-state index contributed by atoms with van der Waals surface area (Å²) in [7, 11) is 0. The van der Waals surface area contributed by atoms with Crippen LogP contribution in [-0.2, 0) is 6.42 Å². The zero-order chi connectivity index (χ0) is 14.7. The van der Waals surface area contributed by atoms with Crippen molar-refractivity contribution in [2.45, 2.75) is 50.5 Å². The lowest BCUT2D eigenvalue weighted by molar-refractivity contribution is 0.249. The summed E-state index contributed by atoms with van der Waals surface area (Å²) in [6, 6.07) is 19.7. The standard InChI is InChI=1S/C20H25N/c1-16-8-7-9-17(14-16)15-20(21)13-6-5-12-19(20)18-10-3-2-4-11-18/h2-4,7-11,14,19H,5-6,12-13,15,21H2,1H3. The van der Waals surface area contributed by atoms with E-state index in [9.17, 15) is 0 Å². The number of nitrogens with two attached hydrogens (primary N) is 1. The molecule has 0 aromatic heterocycles. The predicted octanol–water partition coefficient (Wildman–Crippen LogP) is 4.59. The van der Waals surface area contributed by atoms with Crippen LogP contribution in [0.1, 0.15) is 48.3 Å². The summed E-state index contributed by atoms with van der Waals surface area (Å²) >= 11 is 0. The molecular weight excluding hydrogens is 254 g/mol. The zero-order valence-corrected chi connectivity index (χ0v) is 12.9. The first-order valence-electron chi connectivity index (χ1n) is 8.07. The Balaban J connectivity index is 1.88. The largest absolute Gasteiger partial charge is 0.324 e. The third-order valence-electron chi connectivity index (χ3n) is 4.90. The van der Waals surface area contributed by atoms with E-state index < -0.39 is 0 Å². The smallest absolute Gasteiger partial charge is 0.0264 e. The highest BCUT2D eigenvalue weighted by atomic mass is 14.8. The van der Waals surface area contributed by atoms with Crippen LogP contribution in [-0.4, -0.2) is 5.54 Å². The van der Waals surface area contributed by atoms with Crippen LogP contribution in [0.4, 0.5) is 0 Å². The molecule has 0 amide bonds. The van der Waals surface area contributed by atoms with Gasteiger partial charge in [-0.2, -0.15) is 0 Å². The van der Waals surface area contributed by atoms with Gasteiger partial charge in [0.15, 0.2) is 0 Å². The van der Waals surface area contributed by atoms with Crippen LogP contribution in [0.15, 0.2) is 54.6 Å². The summed E-state index contributed by atoms with van der Waals surface area (Å²) < 4.78 is 0. The van der Waals surface area contributed by atoms with Gasteiger partial charge in [-0.1, -0.05) is 73.0 Å². The van der Waals surface area contributed by atoms with Crippen LogP contribution >= 0.6 is 0 Å². The lowest BCUT2D eigenvalue weighted by Gasteiger charge is -2.42. The molecule has 2 unspecified atom stereocenters. The van der Waals surface area contributed by atoms with Gasteiger partial charge >= 0.3 is 0 Å². The molecule has 1 nitrogen and oxygen atoms in total. The van der Waals surface area contributed by atoms with E-state index in [0.29, 0.717) is 5.92 Å². The highest BCUT2D eigenvalue weighted by Crippen LogP contribution is 2.41. The minimum atomic E-state index is -0.104. The number of benzene rings is 2. The van der Waals surface area contributed by atoms with E-state index in [1.807, 2.05) is 0 Å².